The molecule has 0 unspecified atom stereocenters. The van der Waals surface area contributed by atoms with E-state index in [1.54, 1.807) is 6.07 Å². The summed E-state index contributed by atoms with van der Waals surface area (Å²) in [6.45, 7) is 28.0. The molecule has 1 aromatic rings. The van der Waals surface area contributed by atoms with Gasteiger partial charge < -0.3 is 28.0 Å². The molecule has 1 spiro atoms. The Morgan fingerprint density at radius 3 is 1.90 bits per heavy atom. The molecule has 1 fully saturated rings. The van der Waals surface area contributed by atoms with E-state index in [1.807, 2.05) is 10.6 Å². The van der Waals surface area contributed by atoms with Crippen LogP contribution in [0.25, 0.3) is 0 Å². The van der Waals surface area contributed by atoms with Gasteiger partial charge in [-0.2, -0.15) is 0 Å². The molecule has 0 aliphatic carbocycles. The van der Waals surface area contributed by atoms with E-state index in [1.165, 1.54) is 0 Å². The quantitative estimate of drug-likeness (QED) is 0.211. The molecular weight excluding hydrogens is 527 g/mol. The second kappa shape index (κ2) is 12.2. The fourth-order valence-corrected chi connectivity index (χ4v) is 19.2. The van der Waals surface area contributed by atoms with Crippen molar-refractivity contribution in [2.75, 3.05) is 6.61 Å². The first-order valence-corrected chi connectivity index (χ1v) is 19.3. The Bertz CT molecular complexity index is 931. The molecule has 1 saturated heterocycles. The SMILES string of the molecule is CC(C)[Si](OC[C@H]1O[C@]2(Cn3c(C=O)ccc3CO2)[C@@H](O)[C@@H]1O[Si](C(C)C)(C(C)C)C(C)C)(C(C)C)C(C)C. The molecular formula is C30H55NO6Si2. The fourth-order valence-electron chi connectivity index (χ4n) is 8.15. The lowest BCUT2D eigenvalue weighted by atomic mass is 10.0. The maximum atomic E-state index is 12.0. The fraction of sp³-hybridized carbons (Fsp3) is 0.833. The number of ether oxygens (including phenoxy) is 2. The highest BCUT2D eigenvalue weighted by Gasteiger charge is 2.61. The van der Waals surface area contributed by atoms with Crippen molar-refractivity contribution in [3.05, 3.63) is 23.5 Å². The summed E-state index contributed by atoms with van der Waals surface area (Å²) in [4.78, 5) is 11.8. The van der Waals surface area contributed by atoms with Gasteiger partial charge in [-0.3, -0.25) is 4.79 Å². The van der Waals surface area contributed by atoms with Gasteiger partial charge in [-0.05, 0) is 45.4 Å². The molecule has 3 heterocycles. The summed E-state index contributed by atoms with van der Waals surface area (Å²) in [7, 11) is -4.57. The monoisotopic (exact) mass is 581 g/mol. The van der Waals surface area contributed by atoms with E-state index in [0.717, 1.165) is 12.0 Å². The number of aldehydes is 1. The lowest BCUT2D eigenvalue weighted by molar-refractivity contribution is -0.283. The number of aliphatic hydroxyl groups excluding tert-OH is 1. The lowest BCUT2D eigenvalue weighted by Crippen LogP contribution is -2.57. The van der Waals surface area contributed by atoms with Gasteiger partial charge in [0.1, 0.15) is 18.3 Å². The van der Waals surface area contributed by atoms with Crippen LogP contribution in [0, 0.1) is 0 Å². The summed E-state index contributed by atoms with van der Waals surface area (Å²) in [6.07, 6.45) is -1.24. The van der Waals surface area contributed by atoms with Crippen LogP contribution in [0.5, 0.6) is 0 Å². The first kappa shape index (κ1) is 32.7. The molecule has 0 saturated carbocycles. The number of fused-ring (bicyclic) bond motifs is 1. The second-order valence-electron chi connectivity index (χ2n) is 13.7. The average molecular weight is 582 g/mol. The van der Waals surface area contributed by atoms with Crippen LogP contribution < -0.4 is 0 Å². The highest BCUT2D eigenvalue weighted by Crippen LogP contribution is 2.49. The Kier molecular flexibility index (Phi) is 10.2. The van der Waals surface area contributed by atoms with Gasteiger partial charge in [0, 0.05) is 5.69 Å². The number of aromatic nitrogens is 1. The van der Waals surface area contributed by atoms with Crippen molar-refractivity contribution in [2.24, 2.45) is 0 Å². The van der Waals surface area contributed by atoms with Crippen LogP contribution in [0.3, 0.4) is 0 Å². The van der Waals surface area contributed by atoms with E-state index < -0.39 is 40.7 Å². The number of carbonyl (C=O) groups excluding carboxylic acids is 1. The summed E-state index contributed by atoms with van der Waals surface area (Å²) < 4.78 is 29.3. The van der Waals surface area contributed by atoms with Crippen molar-refractivity contribution in [3.63, 3.8) is 0 Å². The van der Waals surface area contributed by atoms with E-state index in [2.05, 4.69) is 83.1 Å². The Hall–Kier alpha value is -0.816. The third-order valence-electron chi connectivity index (χ3n) is 9.80. The van der Waals surface area contributed by atoms with Crippen molar-refractivity contribution in [1.82, 2.24) is 4.57 Å². The molecule has 0 amide bonds. The molecule has 224 valence electrons. The normalized spacial score (nSPS) is 26.3. The van der Waals surface area contributed by atoms with Gasteiger partial charge in [0.2, 0.25) is 14.1 Å². The van der Waals surface area contributed by atoms with Crippen LogP contribution in [0.2, 0.25) is 33.2 Å². The topological polar surface area (TPSA) is 79.2 Å². The number of nitrogens with zero attached hydrogens (tertiary/aromatic N) is 1. The minimum absolute atomic E-state index is 0.238. The molecule has 3 rings (SSSR count). The Balaban J connectivity index is 2.05. The van der Waals surface area contributed by atoms with E-state index in [4.69, 9.17) is 18.3 Å². The number of hydrogen-bond donors (Lipinski definition) is 1. The zero-order chi connectivity index (χ0) is 29.5. The van der Waals surface area contributed by atoms with Crippen LogP contribution in [0.4, 0.5) is 0 Å². The molecule has 0 radical (unpaired) electrons. The average Bonchev–Trinajstić information content (AvgIpc) is 3.34. The molecule has 7 nitrogen and oxygen atoms in total. The van der Waals surface area contributed by atoms with Crippen molar-refractivity contribution < 1.29 is 28.2 Å². The Morgan fingerprint density at radius 1 is 0.923 bits per heavy atom. The van der Waals surface area contributed by atoms with Gasteiger partial charge in [0.15, 0.2) is 14.6 Å². The predicted octanol–water partition coefficient (Wildman–Crippen LogP) is 7.04. The summed E-state index contributed by atoms with van der Waals surface area (Å²) >= 11 is 0. The molecule has 0 bridgehead atoms. The minimum Gasteiger partial charge on any atom is -0.413 e. The van der Waals surface area contributed by atoms with Crippen LogP contribution in [0.1, 0.15) is 99.3 Å². The first-order chi connectivity index (χ1) is 18.1. The van der Waals surface area contributed by atoms with E-state index >= 15 is 0 Å². The zero-order valence-electron chi connectivity index (χ0n) is 26.5. The van der Waals surface area contributed by atoms with Gasteiger partial charge in [0.25, 0.3) is 0 Å². The van der Waals surface area contributed by atoms with E-state index in [-0.39, 0.29) is 13.2 Å². The third-order valence-corrected chi connectivity index (χ3v) is 22.0. The van der Waals surface area contributed by atoms with Crippen molar-refractivity contribution >= 4 is 22.9 Å². The Labute approximate surface area is 239 Å². The Morgan fingerprint density at radius 2 is 1.44 bits per heavy atom. The molecule has 39 heavy (non-hydrogen) atoms. The smallest absolute Gasteiger partial charge is 0.216 e. The summed E-state index contributed by atoms with van der Waals surface area (Å²) in [6, 6.07) is 3.69. The molecule has 2 aliphatic heterocycles. The third kappa shape index (κ3) is 5.54. The molecule has 1 N–H and O–H groups in total. The molecule has 1 aromatic heterocycles. The van der Waals surface area contributed by atoms with Crippen LogP contribution in [-0.2, 0) is 31.5 Å². The van der Waals surface area contributed by atoms with Crippen molar-refractivity contribution in [3.8, 4) is 0 Å². The van der Waals surface area contributed by atoms with Crippen LogP contribution in [0.15, 0.2) is 12.1 Å². The number of hydrogen-bond acceptors (Lipinski definition) is 6. The molecule has 0 aromatic carbocycles. The van der Waals surface area contributed by atoms with Gasteiger partial charge >= 0.3 is 0 Å². The maximum absolute atomic E-state index is 12.0. The predicted molar refractivity (Wildman–Crippen MR) is 161 cm³/mol. The summed E-state index contributed by atoms with van der Waals surface area (Å²) in [5.74, 6) is -1.30. The van der Waals surface area contributed by atoms with Gasteiger partial charge in [0.05, 0.1) is 25.5 Å². The summed E-state index contributed by atoms with van der Waals surface area (Å²) in [5, 5.41) is 12.0. The molecule has 2 aliphatic rings. The van der Waals surface area contributed by atoms with Gasteiger partial charge in [-0.1, -0.05) is 83.1 Å². The van der Waals surface area contributed by atoms with Gasteiger partial charge in [-0.15, -0.1) is 0 Å². The van der Waals surface area contributed by atoms with Crippen molar-refractivity contribution in [2.45, 2.75) is 154 Å². The molecule has 4 atom stereocenters. The van der Waals surface area contributed by atoms with Crippen molar-refractivity contribution in [1.29, 1.82) is 0 Å². The second-order valence-corrected chi connectivity index (χ2v) is 24.6. The van der Waals surface area contributed by atoms with Gasteiger partial charge in [-0.25, -0.2) is 0 Å². The number of carbonyl (C=O) groups is 1. The molecule has 9 heteroatoms. The summed E-state index contributed by atoms with van der Waals surface area (Å²) in [5.41, 5.74) is 3.79. The maximum Gasteiger partial charge on any atom is 0.216 e. The van der Waals surface area contributed by atoms with E-state index in [0.29, 0.717) is 45.5 Å². The highest BCUT2D eigenvalue weighted by molar-refractivity contribution is 6.78. The van der Waals surface area contributed by atoms with E-state index in [9.17, 15) is 9.90 Å². The first-order valence-electron chi connectivity index (χ1n) is 15.1. The highest BCUT2D eigenvalue weighted by atomic mass is 28.4. The zero-order valence-corrected chi connectivity index (χ0v) is 28.5. The minimum atomic E-state index is -2.38. The van der Waals surface area contributed by atoms with Crippen LogP contribution in [-0.4, -0.2) is 63.3 Å². The number of rotatable bonds is 12. The lowest BCUT2D eigenvalue weighted by Gasteiger charge is -2.46. The van der Waals surface area contributed by atoms with Crippen LogP contribution >= 0.6 is 0 Å². The largest absolute Gasteiger partial charge is 0.413 e. The standard InChI is InChI=1S/C30H55NO6Si2/c1-19(2)38(20(3)4,21(5)6)35-17-27-28(37-39(22(7)8,23(9)10)24(11)12)29(33)30(36-27)18-31-25(15-32)13-14-26(31)16-34-30/h13-15,19-24,27-29,33H,16-18H2,1-12H3/t27-,28-,29+,30-/m1/s1. The number of aliphatic hydroxyl groups is 1.